The monoisotopic (exact) mass is 219 g/mol. The molecule has 4 N–H and O–H groups in total. The molecule has 6 nitrogen and oxygen atoms in total. The second kappa shape index (κ2) is 4.89. The fourth-order valence-electron chi connectivity index (χ4n) is 1.74. The van der Waals surface area contributed by atoms with E-state index in [2.05, 4.69) is 5.32 Å². The summed E-state index contributed by atoms with van der Waals surface area (Å²) in [6.07, 6.45) is -3.58. The SMILES string of the molecule is CC(=O)N[C@H]1C(C)O[C@H](CO)[C@H](O)C1O. The molecule has 0 aliphatic carbocycles. The van der Waals surface area contributed by atoms with Crippen LogP contribution in [0.15, 0.2) is 0 Å². The van der Waals surface area contributed by atoms with Crippen LogP contribution >= 0.6 is 0 Å². The van der Waals surface area contributed by atoms with Crippen molar-refractivity contribution in [1.82, 2.24) is 5.32 Å². The standard InChI is InChI=1S/C9H17NO5/c1-4-7(10-5(2)12)9(14)8(13)6(3-11)15-4/h4,6-9,11,13-14H,3H2,1-2H3,(H,10,12)/t4?,6-,7+,8+,9?/m1/s1. The average Bonchev–Trinajstić information content (AvgIpc) is 2.18. The molecule has 6 heteroatoms. The number of nitrogens with one attached hydrogen (secondary N) is 1. The van der Waals surface area contributed by atoms with E-state index in [1.807, 2.05) is 0 Å². The first kappa shape index (κ1) is 12.4. The number of amides is 1. The molecule has 1 heterocycles. The zero-order chi connectivity index (χ0) is 11.6. The van der Waals surface area contributed by atoms with Crippen LogP contribution in [0.3, 0.4) is 0 Å². The third-order valence-electron chi connectivity index (χ3n) is 2.54. The molecule has 1 amide bonds. The van der Waals surface area contributed by atoms with Crippen LogP contribution in [-0.2, 0) is 9.53 Å². The van der Waals surface area contributed by atoms with Gasteiger partial charge >= 0.3 is 0 Å². The van der Waals surface area contributed by atoms with Crippen molar-refractivity contribution in [1.29, 1.82) is 0 Å². The molecular weight excluding hydrogens is 202 g/mol. The van der Waals surface area contributed by atoms with Crippen molar-refractivity contribution in [2.24, 2.45) is 0 Å². The molecule has 0 aromatic carbocycles. The Morgan fingerprint density at radius 2 is 2.00 bits per heavy atom. The van der Waals surface area contributed by atoms with Crippen LogP contribution in [-0.4, -0.2) is 58.3 Å². The largest absolute Gasteiger partial charge is 0.394 e. The number of rotatable bonds is 2. The van der Waals surface area contributed by atoms with Crippen LogP contribution in [0, 0.1) is 0 Å². The number of carbonyl (C=O) groups is 1. The van der Waals surface area contributed by atoms with Crippen molar-refractivity contribution in [3.63, 3.8) is 0 Å². The summed E-state index contributed by atoms with van der Waals surface area (Å²) in [4.78, 5) is 10.9. The maximum absolute atomic E-state index is 10.9. The summed E-state index contributed by atoms with van der Waals surface area (Å²) in [6.45, 7) is 2.62. The molecule has 2 unspecified atom stereocenters. The number of aliphatic hydroxyl groups is 3. The normalized spacial score (nSPS) is 41.3. The summed E-state index contributed by atoms with van der Waals surface area (Å²) in [7, 11) is 0. The molecular formula is C9H17NO5. The number of hydrogen-bond acceptors (Lipinski definition) is 5. The van der Waals surface area contributed by atoms with Gasteiger partial charge in [0.2, 0.25) is 5.91 Å². The van der Waals surface area contributed by atoms with E-state index in [1.165, 1.54) is 6.92 Å². The van der Waals surface area contributed by atoms with E-state index in [0.717, 1.165) is 0 Å². The summed E-state index contributed by atoms with van der Waals surface area (Å²) < 4.78 is 5.26. The Morgan fingerprint density at radius 1 is 1.40 bits per heavy atom. The lowest BCUT2D eigenvalue weighted by Gasteiger charge is -2.41. The van der Waals surface area contributed by atoms with Crippen molar-refractivity contribution < 1.29 is 24.9 Å². The van der Waals surface area contributed by atoms with Gasteiger partial charge in [-0.25, -0.2) is 0 Å². The Hall–Kier alpha value is -0.690. The molecule has 0 aromatic heterocycles. The van der Waals surface area contributed by atoms with E-state index < -0.39 is 30.5 Å². The van der Waals surface area contributed by atoms with Gasteiger partial charge in [0, 0.05) is 6.92 Å². The Morgan fingerprint density at radius 3 is 2.47 bits per heavy atom. The molecule has 0 spiro atoms. The highest BCUT2D eigenvalue weighted by molar-refractivity contribution is 5.73. The summed E-state index contributed by atoms with van der Waals surface area (Å²) >= 11 is 0. The topological polar surface area (TPSA) is 99.0 Å². The van der Waals surface area contributed by atoms with Gasteiger partial charge < -0.3 is 25.4 Å². The van der Waals surface area contributed by atoms with E-state index in [0.29, 0.717) is 0 Å². The predicted octanol–water partition coefficient (Wildman–Crippen LogP) is -2.01. The van der Waals surface area contributed by atoms with Crippen LogP contribution < -0.4 is 5.32 Å². The summed E-state index contributed by atoms with van der Waals surface area (Å²) in [6, 6.07) is -0.653. The molecule has 1 fully saturated rings. The number of ether oxygens (including phenoxy) is 1. The van der Waals surface area contributed by atoms with E-state index in [4.69, 9.17) is 9.84 Å². The van der Waals surface area contributed by atoms with Crippen molar-refractivity contribution >= 4 is 5.91 Å². The lowest BCUT2D eigenvalue weighted by Crippen LogP contribution is -2.63. The second-order valence-electron chi connectivity index (χ2n) is 3.77. The van der Waals surface area contributed by atoms with Crippen molar-refractivity contribution in [3.05, 3.63) is 0 Å². The molecule has 0 bridgehead atoms. The Kier molecular flexibility index (Phi) is 4.04. The summed E-state index contributed by atoms with van der Waals surface area (Å²) in [5.74, 6) is -0.302. The smallest absolute Gasteiger partial charge is 0.217 e. The van der Waals surface area contributed by atoms with E-state index in [9.17, 15) is 15.0 Å². The number of aliphatic hydroxyl groups excluding tert-OH is 3. The van der Waals surface area contributed by atoms with E-state index in [1.54, 1.807) is 6.92 Å². The fourth-order valence-corrected chi connectivity index (χ4v) is 1.74. The van der Waals surface area contributed by atoms with Gasteiger partial charge in [-0.05, 0) is 6.92 Å². The van der Waals surface area contributed by atoms with Crippen LogP contribution in [0.5, 0.6) is 0 Å². The van der Waals surface area contributed by atoms with Gasteiger partial charge in [-0.3, -0.25) is 4.79 Å². The van der Waals surface area contributed by atoms with Crippen LogP contribution in [0.1, 0.15) is 13.8 Å². The molecule has 1 rings (SSSR count). The Labute approximate surface area is 87.9 Å². The first-order chi connectivity index (χ1) is 6.97. The van der Waals surface area contributed by atoms with Gasteiger partial charge in [0.15, 0.2) is 0 Å². The zero-order valence-corrected chi connectivity index (χ0v) is 8.75. The minimum Gasteiger partial charge on any atom is -0.394 e. The summed E-state index contributed by atoms with van der Waals surface area (Å²) in [5.41, 5.74) is 0. The highest BCUT2D eigenvalue weighted by Crippen LogP contribution is 2.20. The predicted molar refractivity (Wildman–Crippen MR) is 51.0 cm³/mol. The lowest BCUT2D eigenvalue weighted by atomic mass is 9.93. The minimum absolute atomic E-state index is 0.302. The first-order valence-electron chi connectivity index (χ1n) is 4.87. The van der Waals surface area contributed by atoms with E-state index in [-0.39, 0.29) is 12.5 Å². The van der Waals surface area contributed by atoms with Crippen LogP contribution in [0.4, 0.5) is 0 Å². The van der Waals surface area contributed by atoms with Gasteiger partial charge in [0.1, 0.15) is 18.3 Å². The Bertz CT molecular complexity index is 235. The van der Waals surface area contributed by atoms with Crippen molar-refractivity contribution in [2.45, 2.75) is 44.3 Å². The van der Waals surface area contributed by atoms with Gasteiger partial charge in [-0.2, -0.15) is 0 Å². The molecule has 1 aliphatic heterocycles. The number of carbonyl (C=O) groups excluding carboxylic acids is 1. The summed E-state index contributed by atoms with van der Waals surface area (Å²) in [5, 5.41) is 30.6. The fraction of sp³-hybridized carbons (Fsp3) is 0.889. The maximum Gasteiger partial charge on any atom is 0.217 e. The lowest BCUT2D eigenvalue weighted by molar-refractivity contribution is -0.190. The molecule has 88 valence electrons. The molecule has 1 aliphatic rings. The Balaban J connectivity index is 2.70. The molecule has 0 radical (unpaired) electrons. The van der Waals surface area contributed by atoms with Gasteiger partial charge in [-0.15, -0.1) is 0 Å². The van der Waals surface area contributed by atoms with Crippen LogP contribution in [0.25, 0.3) is 0 Å². The zero-order valence-electron chi connectivity index (χ0n) is 8.75. The van der Waals surface area contributed by atoms with Crippen molar-refractivity contribution in [3.8, 4) is 0 Å². The average molecular weight is 219 g/mol. The third-order valence-corrected chi connectivity index (χ3v) is 2.54. The van der Waals surface area contributed by atoms with Gasteiger partial charge in [0.25, 0.3) is 0 Å². The first-order valence-corrected chi connectivity index (χ1v) is 4.87. The van der Waals surface area contributed by atoms with Gasteiger partial charge in [0.05, 0.1) is 18.8 Å². The molecule has 0 aromatic rings. The molecule has 1 saturated heterocycles. The van der Waals surface area contributed by atoms with E-state index >= 15 is 0 Å². The van der Waals surface area contributed by atoms with Gasteiger partial charge in [-0.1, -0.05) is 0 Å². The van der Waals surface area contributed by atoms with Crippen LogP contribution in [0.2, 0.25) is 0 Å². The molecule has 5 atom stereocenters. The highest BCUT2D eigenvalue weighted by atomic mass is 16.5. The second-order valence-corrected chi connectivity index (χ2v) is 3.77. The highest BCUT2D eigenvalue weighted by Gasteiger charge is 2.42. The quantitative estimate of drug-likeness (QED) is 0.430. The third kappa shape index (κ3) is 2.66. The van der Waals surface area contributed by atoms with Crippen molar-refractivity contribution in [2.75, 3.05) is 6.61 Å². The number of hydrogen-bond donors (Lipinski definition) is 4. The minimum atomic E-state index is -1.19. The molecule has 15 heavy (non-hydrogen) atoms. The maximum atomic E-state index is 10.9. The molecule has 0 saturated carbocycles.